The lowest BCUT2D eigenvalue weighted by atomic mass is 10.1. The molecule has 2 rings (SSSR count). The maximum absolute atomic E-state index is 12.7. The molecule has 0 saturated carbocycles. The molecule has 0 amide bonds. The summed E-state index contributed by atoms with van der Waals surface area (Å²) in [4.78, 5) is 2.32. The number of nitrogens with zero attached hydrogens (tertiary/aromatic N) is 1. The second-order valence-corrected chi connectivity index (χ2v) is 4.20. The number of anilines is 2. The quantitative estimate of drug-likeness (QED) is 0.757. The lowest BCUT2D eigenvalue weighted by Crippen LogP contribution is -2.26. The average molecular weight is 208 g/mol. The molecule has 0 radical (unpaired) electrons. The van der Waals surface area contributed by atoms with E-state index in [1.165, 1.54) is 12.8 Å². The van der Waals surface area contributed by atoms with Crippen LogP contribution in [-0.4, -0.2) is 12.6 Å². The molecular formula is C12H17FN2. The van der Waals surface area contributed by atoms with Crippen molar-refractivity contribution in [1.82, 2.24) is 0 Å². The number of nitrogen functional groups attached to an aromatic ring is 1. The average Bonchev–Trinajstić information content (AvgIpc) is 2.65. The highest BCUT2D eigenvalue weighted by molar-refractivity contribution is 5.59. The highest BCUT2D eigenvalue weighted by Gasteiger charge is 2.20. The van der Waals surface area contributed by atoms with Crippen LogP contribution in [0.4, 0.5) is 15.8 Å². The van der Waals surface area contributed by atoms with Crippen molar-refractivity contribution in [3.8, 4) is 0 Å². The van der Waals surface area contributed by atoms with Gasteiger partial charge in [0.15, 0.2) is 0 Å². The molecule has 2 N–H and O–H groups in total. The Morgan fingerprint density at radius 3 is 2.93 bits per heavy atom. The first-order valence-corrected chi connectivity index (χ1v) is 5.43. The lowest BCUT2D eigenvalue weighted by molar-refractivity contribution is 0.486. The fourth-order valence-corrected chi connectivity index (χ4v) is 2.20. The van der Waals surface area contributed by atoms with Gasteiger partial charge < -0.3 is 10.6 Å². The molecule has 0 aromatic heterocycles. The van der Waals surface area contributed by atoms with Crippen LogP contribution in [0.25, 0.3) is 0 Å². The van der Waals surface area contributed by atoms with Crippen LogP contribution in [0.1, 0.15) is 25.3 Å². The summed E-state index contributed by atoms with van der Waals surface area (Å²) in [6.07, 6.45) is 2.44. The molecule has 82 valence electrons. The molecule has 1 atom stereocenters. The third-order valence-corrected chi connectivity index (χ3v) is 3.16. The standard InChI is InChI=1S/C12H17FN2/c1-9-3-2-6-15(9)11-4-5-12(14)10(7-11)8-13/h4-5,7,9H,2-3,6,8,14H2,1H3/t9-/m0/s1. The maximum Gasteiger partial charge on any atom is 0.117 e. The molecule has 0 bridgehead atoms. The lowest BCUT2D eigenvalue weighted by Gasteiger charge is -2.24. The predicted octanol–water partition coefficient (Wildman–Crippen LogP) is 2.73. The van der Waals surface area contributed by atoms with Crippen molar-refractivity contribution in [2.45, 2.75) is 32.5 Å². The molecule has 1 saturated heterocycles. The van der Waals surface area contributed by atoms with Crippen LogP contribution in [-0.2, 0) is 6.67 Å². The first kappa shape index (κ1) is 10.3. The Bertz CT molecular complexity index is 351. The summed E-state index contributed by atoms with van der Waals surface area (Å²) >= 11 is 0. The van der Waals surface area contributed by atoms with Gasteiger partial charge >= 0.3 is 0 Å². The van der Waals surface area contributed by atoms with Gasteiger partial charge in [0.05, 0.1) is 0 Å². The molecule has 0 spiro atoms. The van der Waals surface area contributed by atoms with Crippen molar-refractivity contribution in [2.24, 2.45) is 0 Å². The molecule has 1 aromatic carbocycles. The van der Waals surface area contributed by atoms with Crippen LogP contribution in [0.15, 0.2) is 18.2 Å². The summed E-state index contributed by atoms with van der Waals surface area (Å²) < 4.78 is 12.7. The molecule has 15 heavy (non-hydrogen) atoms. The van der Waals surface area contributed by atoms with E-state index >= 15 is 0 Å². The summed E-state index contributed by atoms with van der Waals surface area (Å²) in [5.74, 6) is 0. The monoisotopic (exact) mass is 208 g/mol. The zero-order valence-corrected chi connectivity index (χ0v) is 9.04. The summed E-state index contributed by atoms with van der Waals surface area (Å²) in [5.41, 5.74) is 7.93. The first-order chi connectivity index (χ1) is 7.22. The molecule has 1 aliphatic heterocycles. The van der Waals surface area contributed by atoms with Gasteiger partial charge in [-0.1, -0.05) is 0 Å². The molecule has 1 heterocycles. The van der Waals surface area contributed by atoms with Crippen LogP contribution in [0.5, 0.6) is 0 Å². The second-order valence-electron chi connectivity index (χ2n) is 4.20. The van der Waals surface area contributed by atoms with Crippen molar-refractivity contribution in [3.63, 3.8) is 0 Å². The minimum absolute atomic E-state index is 0.484. The van der Waals surface area contributed by atoms with E-state index in [0.29, 0.717) is 17.3 Å². The highest BCUT2D eigenvalue weighted by atomic mass is 19.1. The summed E-state index contributed by atoms with van der Waals surface area (Å²) in [6.45, 7) is 2.79. The third kappa shape index (κ3) is 1.91. The van der Waals surface area contributed by atoms with Crippen molar-refractivity contribution < 1.29 is 4.39 Å². The summed E-state index contributed by atoms with van der Waals surface area (Å²) in [7, 11) is 0. The van der Waals surface area contributed by atoms with Gasteiger partial charge in [-0.15, -0.1) is 0 Å². The molecule has 1 aliphatic rings. The van der Waals surface area contributed by atoms with E-state index in [4.69, 9.17) is 5.73 Å². The first-order valence-electron chi connectivity index (χ1n) is 5.43. The maximum atomic E-state index is 12.7. The fourth-order valence-electron chi connectivity index (χ4n) is 2.20. The van der Waals surface area contributed by atoms with Gasteiger partial charge in [0, 0.05) is 29.5 Å². The minimum atomic E-state index is -0.484. The molecule has 1 aromatic rings. The van der Waals surface area contributed by atoms with Crippen LogP contribution >= 0.6 is 0 Å². The van der Waals surface area contributed by atoms with Gasteiger partial charge in [0.2, 0.25) is 0 Å². The van der Waals surface area contributed by atoms with Gasteiger partial charge in [-0.05, 0) is 38.0 Å². The van der Waals surface area contributed by atoms with Gasteiger partial charge in [-0.25, -0.2) is 4.39 Å². The third-order valence-electron chi connectivity index (χ3n) is 3.16. The smallest absolute Gasteiger partial charge is 0.117 e. The SMILES string of the molecule is C[C@H]1CCCN1c1ccc(N)c(CF)c1. The zero-order valence-electron chi connectivity index (χ0n) is 9.04. The number of nitrogens with two attached hydrogens (primary N) is 1. The normalized spacial score (nSPS) is 20.9. The summed E-state index contributed by atoms with van der Waals surface area (Å²) in [5, 5.41) is 0. The van der Waals surface area contributed by atoms with E-state index in [9.17, 15) is 4.39 Å². The van der Waals surface area contributed by atoms with Gasteiger partial charge in [-0.3, -0.25) is 0 Å². The number of halogens is 1. The van der Waals surface area contributed by atoms with Gasteiger partial charge in [0.1, 0.15) is 6.67 Å². The Kier molecular flexibility index (Phi) is 2.80. The number of hydrogen-bond donors (Lipinski definition) is 1. The van der Waals surface area contributed by atoms with Crippen molar-refractivity contribution in [3.05, 3.63) is 23.8 Å². The van der Waals surface area contributed by atoms with Gasteiger partial charge in [-0.2, -0.15) is 0 Å². The van der Waals surface area contributed by atoms with Crippen LogP contribution in [0, 0.1) is 0 Å². The Labute approximate surface area is 89.9 Å². The second kappa shape index (κ2) is 4.09. The van der Waals surface area contributed by atoms with E-state index in [1.807, 2.05) is 12.1 Å². The van der Waals surface area contributed by atoms with Crippen LogP contribution in [0.2, 0.25) is 0 Å². The zero-order chi connectivity index (χ0) is 10.8. The van der Waals surface area contributed by atoms with Crippen molar-refractivity contribution in [2.75, 3.05) is 17.2 Å². The Morgan fingerprint density at radius 1 is 1.53 bits per heavy atom. The number of alkyl halides is 1. The van der Waals surface area contributed by atoms with E-state index < -0.39 is 6.67 Å². The molecule has 1 fully saturated rings. The Balaban J connectivity index is 2.28. The van der Waals surface area contributed by atoms with Crippen molar-refractivity contribution in [1.29, 1.82) is 0 Å². The highest BCUT2D eigenvalue weighted by Crippen LogP contribution is 2.28. The van der Waals surface area contributed by atoms with Crippen molar-refractivity contribution >= 4 is 11.4 Å². The number of rotatable bonds is 2. The predicted molar refractivity (Wildman–Crippen MR) is 61.7 cm³/mol. The molecule has 0 aliphatic carbocycles. The molecule has 0 unspecified atom stereocenters. The molecule has 3 heteroatoms. The number of hydrogen-bond acceptors (Lipinski definition) is 2. The van der Waals surface area contributed by atoms with Crippen LogP contribution < -0.4 is 10.6 Å². The van der Waals surface area contributed by atoms with E-state index in [2.05, 4.69) is 11.8 Å². The van der Waals surface area contributed by atoms with E-state index in [-0.39, 0.29) is 0 Å². The minimum Gasteiger partial charge on any atom is -0.398 e. The topological polar surface area (TPSA) is 29.3 Å². The van der Waals surface area contributed by atoms with E-state index in [0.717, 1.165) is 12.2 Å². The van der Waals surface area contributed by atoms with Crippen LogP contribution in [0.3, 0.4) is 0 Å². The molecule has 2 nitrogen and oxygen atoms in total. The summed E-state index contributed by atoms with van der Waals surface area (Å²) in [6, 6.07) is 6.21. The van der Waals surface area contributed by atoms with Gasteiger partial charge in [0.25, 0.3) is 0 Å². The largest absolute Gasteiger partial charge is 0.398 e. The Hall–Kier alpha value is -1.25. The van der Waals surface area contributed by atoms with E-state index in [1.54, 1.807) is 6.07 Å². The number of benzene rings is 1. The fraction of sp³-hybridized carbons (Fsp3) is 0.500. The Morgan fingerprint density at radius 2 is 2.33 bits per heavy atom. The molecular weight excluding hydrogens is 191 g/mol.